The van der Waals surface area contributed by atoms with E-state index in [0.717, 1.165) is 6.42 Å². The monoisotopic (exact) mass is 286 g/mol. The molecule has 6 heteroatoms. The maximum atomic E-state index is 12.5. The van der Waals surface area contributed by atoms with Crippen molar-refractivity contribution in [2.24, 2.45) is 17.6 Å². The molecule has 0 aliphatic carbocycles. The first-order chi connectivity index (χ1) is 9.38. The lowest BCUT2D eigenvalue weighted by Crippen LogP contribution is -2.52. The Hall–Kier alpha value is -1.14. The maximum Gasteiger partial charge on any atom is 0.311 e. The lowest BCUT2D eigenvalue weighted by atomic mass is 9.98. The SMILES string of the molecule is CCCN(C(=O)[C@@H](N)CC(C)C)C1COCC1C(=O)O. The highest BCUT2D eigenvalue weighted by Crippen LogP contribution is 2.22. The minimum Gasteiger partial charge on any atom is -0.481 e. The van der Waals surface area contributed by atoms with Gasteiger partial charge in [0.25, 0.3) is 0 Å². The third-order valence-corrected chi connectivity index (χ3v) is 3.56. The summed E-state index contributed by atoms with van der Waals surface area (Å²) in [7, 11) is 0. The Morgan fingerprint density at radius 2 is 2.05 bits per heavy atom. The lowest BCUT2D eigenvalue weighted by molar-refractivity contribution is -0.145. The largest absolute Gasteiger partial charge is 0.481 e. The van der Waals surface area contributed by atoms with Gasteiger partial charge < -0.3 is 20.5 Å². The van der Waals surface area contributed by atoms with E-state index >= 15 is 0 Å². The van der Waals surface area contributed by atoms with Crippen molar-refractivity contribution in [2.45, 2.75) is 45.7 Å². The first kappa shape index (κ1) is 16.9. The highest BCUT2D eigenvalue weighted by Gasteiger charge is 2.40. The van der Waals surface area contributed by atoms with Gasteiger partial charge in [0.1, 0.15) is 5.92 Å². The molecule has 1 heterocycles. The fraction of sp³-hybridized carbons (Fsp3) is 0.857. The van der Waals surface area contributed by atoms with Gasteiger partial charge in [0.05, 0.1) is 25.3 Å². The van der Waals surface area contributed by atoms with Crippen LogP contribution in [-0.2, 0) is 14.3 Å². The van der Waals surface area contributed by atoms with Crippen LogP contribution in [-0.4, -0.2) is 53.7 Å². The van der Waals surface area contributed by atoms with Gasteiger partial charge in [-0.1, -0.05) is 20.8 Å². The van der Waals surface area contributed by atoms with Gasteiger partial charge in [-0.3, -0.25) is 9.59 Å². The van der Waals surface area contributed by atoms with E-state index in [1.54, 1.807) is 4.90 Å². The normalized spacial score (nSPS) is 23.9. The van der Waals surface area contributed by atoms with E-state index in [-0.39, 0.29) is 19.1 Å². The van der Waals surface area contributed by atoms with Gasteiger partial charge >= 0.3 is 5.97 Å². The fourth-order valence-electron chi connectivity index (χ4n) is 2.59. The minimum atomic E-state index is -0.918. The third kappa shape index (κ3) is 4.18. The van der Waals surface area contributed by atoms with Gasteiger partial charge in [-0.2, -0.15) is 0 Å². The van der Waals surface area contributed by atoms with E-state index in [9.17, 15) is 14.7 Å². The van der Waals surface area contributed by atoms with Crippen molar-refractivity contribution in [1.82, 2.24) is 4.90 Å². The molecule has 1 saturated heterocycles. The molecule has 116 valence electrons. The van der Waals surface area contributed by atoms with Crippen molar-refractivity contribution in [3.05, 3.63) is 0 Å². The summed E-state index contributed by atoms with van der Waals surface area (Å²) in [4.78, 5) is 25.3. The Morgan fingerprint density at radius 3 is 2.55 bits per heavy atom. The van der Waals surface area contributed by atoms with Crippen LogP contribution in [0.15, 0.2) is 0 Å². The Labute approximate surface area is 120 Å². The Bertz CT molecular complexity index is 346. The van der Waals surface area contributed by atoms with Gasteiger partial charge in [-0.15, -0.1) is 0 Å². The van der Waals surface area contributed by atoms with Crippen molar-refractivity contribution in [1.29, 1.82) is 0 Å². The summed E-state index contributed by atoms with van der Waals surface area (Å²) in [5, 5.41) is 9.22. The van der Waals surface area contributed by atoms with Gasteiger partial charge in [0, 0.05) is 6.54 Å². The second kappa shape index (κ2) is 7.59. The number of carboxylic acids is 1. The minimum absolute atomic E-state index is 0.160. The summed E-state index contributed by atoms with van der Waals surface area (Å²) in [6, 6.07) is -0.977. The van der Waals surface area contributed by atoms with Crippen molar-refractivity contribution < 1.29 is 19.4 Å². The second-order valence-corrected chi connectivity index (χ2v) is 5.82. The molecule has 1 amide bonds. The molecule has 0 aromatic rings. The summed E-state index contributed by atoms with van der Waals surface area (Å²) in [6.07, 6.45) is 1.37. The first-order valence-corrected chi connectivity index (χ1v) is 7.25. The molecule has 2 unspecified atom stereocenters. The molecule has 6 nitrogen and oxygen atoms in total. The van der Waals surface area contributed by atoms with Crippen LogP contribution in [0.1, 0.15) is 33.6 Å². The molecule has 1 rings (SSSR count). The number of hydrogen-bond acceptors (Lipinski definition) is 4. The number of rotatable bonds is 7. The number of carboxylic acid groups (broad SMARTS) is 1. The van der Waals surface area contributed by atoms with Crippen LogP contribution >= 0.6 is 0 Å². The first-order valence-electron chi connectivity index (χ1n) is 7.25. The quantitative estimate of drug-likeness (QED) is 0.718. The smallest absolute Gasteiger partial charge is 0.311 e. The van der Waals surface area contributed by atoms with Crippen LogP contribution in [0, 0.1) is 11.8 Å². The molecule has 0 aromatic heterocycles. The predicted octanol–water partition coefficient (Wildman–Crippen LogP) is 0.698. The highest BCUT2D eigenvalue weighted by atomic mass is 16.5. The summed E-state index contributed by atoms with van der Waals surface area (Å²) in [5.74, 6) is -1.41. The van der Waals surface area contributed by atoms with Crippen LogP contribution in [0.2, 0.25) is 0 Å². The van der Waals surface area contributed by atoms with Gasteiger partial charge in [-0.25, -0.2) is 0 Å². The standard InChI is InChI=1S/C14H26N2O4/c1-4-5-16(13(17)11(15)6-9(2)3)12-8-20-7-10(12)14(18)19/h9-12H,4-8,15H2,1-3H3,(H,18,19)/t10?,11-,12?/m0/s1. The molecule has 0 spiro atoms. The van der Waals surface area contributed by atoms with Gasteiger partial charge in [0.2, 0.25) is 5.91 Å². The molecule has 1 aliphatic rings. The maximum absolute atomic E-state index is 12.5. The fourth-order valence-corrected chi connectivity index (χ4v) is 2.59. The number of nitrogens with two attached hydrogens (primary N) is 1. The molecule has 0 aromatic carbocycles. The zero-order valence-electron chi connectivity index (χ0n) is 12.5. The summed E-state index contributed by atoms with van der Waals surface area (Å²) >= 11 is 0. The molecule has 0 saturated carbocycles. The highest BCUT2D eigenvalue weighted by molar-refractivity contribution is 5.83. The molecule has 20 heavy (non-hydrogen) atoms. The van der Waals surface area contributed by atoms with E-state index in [2.05, 4.69) is 0 Å². The number of ether oxygens (including phenoxy) is 1. The number of carbonyl (C=O) groups is 2. The van der Waals surface area contributed by atoms with Gasteiger partial charge in [-0.05, 0) is 18.8 Å². The van der Waals surface area contributed by atoms with Crippen molar-refractivity contribution in [2.75, 3.05) is 19.8 Å². The van der Waals surface area contributed by atoms with Crippen LogP contribution in [0.5, 0.6) is 0 Å². The van der Waals surface area contributed by atoms with Crippen molar-refractivity contribution in [3.63, 3.8) is 0 Å². The summed E-state index contributed by atoms with van der Waals surface area (Å²) in [5.41, 5.74) is 5.96. The number of aliphatic carboxylic acids is 1. The molecule has 1 fully saturated rings. The van der Waals surface area contributed by atoms with Crippen LogP contribution in [0.4, 0.5) is 0 Å². The molecule has 3 atom stereocenters. The number of nitrogens with zero attached hydrogens (tertiary/aromatic N) is 1. The van der Waals surface area contributed by atoms with E-state index in [1.165, 1.54) is 0 Å². The van der Waals surface area contributed by atoms with Crippen LogP contribution < -0.4 is 5.73 Å². The molecular weight excluding hydrogens is 260 g/mol. The number of carbonyl (C=O) groups excluding carboxylic acids is 1. The average Bonchev–Trinajstić information content (AvgIpc) is 2.83. The van der Waals surface area contributed by atoms with Crippen LogP contribution in [0.25, 0.3) is 0 Å². The molecular formula is C14H26N2O4. The van der Waals surface area contributed by atoms with Crippen molar-refractivity contribution >= 4 is 11.9 Å². The Balaban J connectivity index is 2.82. The molecule has 0 radical (unpaired) electrons. The summed E-state index contributed by atoms with van der Waals surface area (Å²) in [6.45, 7) is 6.93. The Morgan fingerprint density at radius 1 is 1.40 bits per heavy atom. The molecule has 1 aliphatic heterocycles. The van der Waals surface area contributed by atoms with E-state index in [0.29, 0.717) is 18.9 Å². The van der Waals surface area contributed by atoms with E-state index in [4.69, 9.17) is 10.5 Å². The van der Waals surface area contributed by atoms with Gasteiger partial charge in [0.15, 0.2) is 0 Å². The molecule has 3 N–H and O–H groups in total. The zero-order chi connectivity index (χ0) is 15.3. The predicted molar refractivity (Wildman–Crippen MR) is 75.2 cm³/mol. The summed E-state index contributed by atoms with van der Waals surface area (Å²) < 4.78 is 5.25. The number of hydrogen-bond donors (Lipinski definition) is 2. The van der Waals surface area contributed by atoms with Crippen molar-refractivity contribution in [3.8, 4) is 0 Å². The van der Waals surface area contributed by atoms with Crippen LogP contribution in [0.3, 0.4) is 0 Å². The number of amides is 1. The second-order valence-electron chi connectivity index (χ2n) is 5.82. The third-order valence-electron chi connectivity index (χ3n) is 3.56. The lowest BCUT2D eigenvalue weighted by Gasteiger charge is -2.32. The average molecular weight is 286 g/mol. The zero-order valence-corrected chi connectivity index (χ0v) is 12.5. The molecule has 0 bridgehead atoms. The van der Waals surface area contributed by atoms with E-state index < -0.39 is 24.0 Å². The Kier molecular flexibility index (Phi) is 6.42. The topological polar surface area (TPSA) is 92.9 Å². The van der Waals surface area contributed by atoms with E-state index in [1.807, 2.05) is 20.8 Å².